The van der Waals surface area contributed by atoms with Crippen molar-refractivity contribution >= 4 is 5.96 Å². The SMILES string of the molecule is CN=C(NCc1ccc(-n2nc(C)cc2C)nc1)NCc1ccc(C)cc1OC. The second kappa shape index (κ2) is 9.23. The van der Waals surface area contributed by atoms with Crippen molar-refractivity contribution in [2.75, 3.05) is 14.2 Å². The summed E-state index contributed by atoms with van der Waals surface area (Å²) in [5.74, 6) is 2.40. The van der Waals surface area contributed by atoms with E-state index in [1.54, 1.807) is 14.2 Å². The predicted molar refractivity (Wildman–Crippen MR) is 116 cm³/mol. The highest BCUT2D eigenvalue weighted by Crippen LogP contribution is 2.19. The first-order chi connectivity index (χ1) is 14.0. The number of hydrogen-bond donors (Lipinski definition) is 2. The largest absolute Gasteiger partial charge is 0.496 e. The first kappa shape index (κ1) is 20.4. The molecular formula is C22H28N6O. The lowest BCUT2D eigenvalue weighted by atomic mass is 10.1. The number of benzene rings is 1. The van der Waals surface area contributed by atoms with Crippen LogP contribution in [0.2, 0.25) is 0 Å². The molecule has 0 aliphatic carbocycles. The van der Waals surface area contributed by atoms with Crippen LogP contribution in [-0.4, -0.2) is 34.9 Å². The zero-order chi connectivity index (χ0) is 20.8. The van der Waals surface area contributed by atoms with Crippen molar-refractivity contribution in [2.45, 2.75) is 33.9 Å². The van der Waals surface area contributed by atoms with E-state index >= 15 is 0 Å². The number of hydrogen-bond acceptors (Lipinski definition) is 4. The van der Waals surface area contributed by atoms with Crippen molar-refractivity contribution in [2.24, 2.45) is 4.99 Å². The van der Waals surface area contributed by atoms with E-state index in [0.717, 1.165) is 40.0 Å². The molecular weight excluding hydrogens is 364 g/mol. The van der Waals surface area contributed by atoms with Gasteiger partial charge in [-0.3, -0.25) is 4.99 Å². The number of rotatable bonds is 6. The summed E-state index contributed by atoms with van der Waals surface area (Å²) in [6, 6.07) is 12.2. The van der Waals surface area contributed by atoms with E-state index in [0.29, 0.717) is 13.1 Å². The summed E-state index contributed by atoms with van der Waals surface area (Å²) in [5.41, 5.74) is 5.36. The van der Waals surface area contributed by atoms with Crippen molar-refractivity contribution < 1.29 is 4.74 Å². The number of aliphatic imine (C=N–C) groups is 1. The van der Waals surface area contributed by atoms with Crippen LogP contribution >= 0.6 is 0 Å². The summed E-state index contributed by atoms with van der Waals surface area (Å²) >= 11 is 0. The number of nitrogens with zero attached hydrogens (tertiary/aromatic N) is 4. The van der Waals surface area contributed by atoms with E-state index < -0.39 is 0 Å². The number of aryl methyl sites for hydroxylation is 3. The van der Waals surface area contributed by atoms with E-state index in [4.69, 9.17) is 4.74 Å². The Kier molecular flexibility index (Phi) is 6.49. The van der Waals surface area contributed by atoms with Crippen LogP contribution in [0.3, 0.4) is 0 Å². The van der Waals surface area contributed by atoms with Gasteiger partial charge < -0.3 is 15.4 Å². The molecule has 2 aromatic heterocycles. The van der Waals surface area contributed by atoms with E-state index in [-0.39, 0.29) is 0 Å². The summed E-state index contributed by atoms with van der Waals surface area (Å²) in [5, 5.41) is 11.1. The molecule has 0 radical (unpaired) electrons. The van der Waals surface area contributed by atoms with Gasteiger partial charge in [0.25, 0.3) is 0 Å². The molecule has 2 N–H and O–H groups in total. The van der Waals surface area contributed by atoms with Crippen LogP contribution in [0.1, 0.15) is 28.1 Å². The quantitative estimate of drug-likeness (QED) is 0.498. The van der Waals surface area contributed by atoms with Gasteiger partial charge in [0.05, 0.1) is 12.8 Å². The van der Waals surface area contributed by atoms with Gasteiger partial charge >= 0.3 is 0 Å². The second-order valence-corrected chi connectivity index (χ2v) is 6.96. The predicted octanol–water partition coefficient (Wildman–Crippen LogP) is 3.07. The maximum atomic E-state index is 5.46. The third-order valence-corrected chi connectivity index (χ3v) is 4.61. The standard InChI is InChI=1S/C22H28N6O/c1-15-6-8-19(20(10-15)29-5)14-26-22(23-4)25-13-18-7-9-21(24-12-18)28-17(3)11-16(2)27-28/h6-12H,13-14H2,1-5H3,(H2,23,25,26). The number of guanidine groups is 1. The molecule has 0 spiro atoms. The fourth-order valence-corrected chi connectivity index (χ4v) is 3.09. The first-order valence-electron chi connectivity index (χ1n) is 9.56. The van der Waals surface area contributed by atoms with Crippen molar-refractivity contribution in [3.05, 3.63) is 70.7 Å². The maximum Gasteiger partial charge on any atom is 0.191 e. The maximum absolute atomic E-state index is 5.46. The Hall–Kier alpha value is -3.35. The molecule has 0 saturated heterocycles. The lowest BCUT2D eigenvalue weighted by Gasteiger charge is -2.14. The molecule has 0 fully saturated rings. The average molecular weight is 393 g/mol. The molecule has 0 aliphatic heterocycles. The number of ether oxygens (including phenoxy) is 1. The van der Waals surface area contributed by atoms with Crippen LogP contribution < -0.4 is 15.4 Å². The topological polar surface area (TPSA) is 76.4 Å². The van der Waals surface area contributed by atoms with Gasteiger partial charge in [-0.15, -0.1) is 0 Å². The van der Waals surface area contributed by atoms with Gasteiger partial charge in [-0.2, -0.15) is 5.10 Å². The molecule has 0 atom stereocenters. The molecule has 1 aromatic carbocycles. The highest BCUT2D eigenvalue weighted by molar-refractivity contribution is 5.79. The second-order valence-electron chi connectivity index (χ2n) is 6.96. The molecule has 0 bridgehead atoms. The highest BCUT2D eigenvalue weighted by Gasteiger charge is 2.07. The molecule has 152 valence electrons. The minimum Gasteiger partial charge on any atom is -0.496 e. The molecule has 3 aromatic rings. The molecule has 7 nitrogen and oxygen atoms in total. The molecule has 0 unspecified atom stereocenters. The monoisotopic (exact) mass is 392 g/mol. The van der Waals surface area contributed by atoms with Crippen molar-refractivity contribution in [3.63, 3.8) is 0 Å². The summed E-state index contributed by atoms with van der Waals surface area (Å²) in [4.78, 5) is 8.82. The summed E-state index contributed by atoms with van der Waals surface area (Å²) in [6.45, 7) is 7.30. The first-order valence-corrected chi connectivity index (χ1v) is 9.56. The molecule has 2 heterocycles. The molecule has 7 heteroatoms. The van der Waals surface area contributed by atoms with Crippen molar-refractivity contribution in [3.8, 4) is 11.6 Å². The Morgan fingerprint density at radius 3 is 2.48 bits per heavy atom. The summed E-state index contributed by atoms with van der Waals surface area (Å²) in [7, 11) is 3.44. The summed E-state index contributed by atoms with van der Waals surface area (Å²) in [6.07, 6.45) is 1.86. The van der Waals surface area contributed by atoms with E-state index in [1.807, 2.05) is 55.9 Å². The third-order valence-electron chi connectivity index (χ3n) is 4.61. The van der Waals surface area contributed by atoms with E-state index in [1.165, 1.54) is 5.56 Å². The fourth-order valence-electron chi connectivity index (χ4n) is 3.09. The Morgan fingerprint density at radius 2 is 1.86 bits per heavy atom. The van der Waals surface area contributed by atoms with Gasteiger partial charge in [-0.05, 0) is 50.1 Å². The van der Waals surface area contributed by atoms with Crippen molar-refractivity contribution in [1.29, 1.82) is 0 Å². The Morgan fingerprint density at radius 1 is 1.07 bits per heavy atom. The van der Waals surface area contributed by atoms with Gasteiger partial charge in [0.1, 0.15) is 5.75 Å². The zero-order valence-corrected chi connectivity index (χ0v) is 17.7. The van der Waals surface area contributed by atoms with Gasteiger partial charge in [0.15, 0.2) is 11.8 Å². The van der Waals surface area contributed by atoms with Gasteiger partial charge in [-0.25, -0.2) is 9.67 Å². The molecule has 0 saturated carbocycles. The molecule has 29 heavy (non-hydrogen) atoms. The fraction of sp³-hybridized carbons (Fsp3) is 0.318. The molecule has 0 aliphatic rings. The van der Waals surface area contributed by atoms with Gasteiger partial charge in [0.2, 0.25) is 0 Å². The highest BCUT2D eigenvalue weighted by atomic mass is 16.5. The normalized spacial score (nSPS) is 11.4. The van der Waals surface area contributed by atoms with Crippen molar-refractivity contribution in [1.82, 2.24) is 25.4 Å². The van der Waals surface area contributed by atoms with Crippen LogP contribution in [0, 0.1) is 20.8 Å². The lowest BCUT2D eigenvalue weighted by molar-refractivity contribution is 0.408. The smallest absolute Gasteiger partial charge is 0.191 e. The van der Waals surface area contributed by atoms with Crippen LogP contribution in [-0.2, 0) is 13.1 Å². The Bertz CT molecular complexity index is 991. The van der Waals surface area contributed by atoms with Gasteiger partial charge in [0, 0.05) is 37.6 Å². The lowest BCUT2D eigenvalue weighted by Crippen LogP contribution is -2.36. The number of aromatic nitrogens is 3. The zero-order valence-electron chi connectivity index (χ0n) is 17.7. The average Bonchev–Trinajstić information content (AvgIpc) is 3.07. The van der Waals surface area contributed by atoms with Gasteiger partial charge in [-0.1, -0.05) is 18.2 Å². The third kappa shape index (κ3) is 5.13. The number of methoxy groups -OCH3 is 1. The number of pyridine rings is 1. The van der Waals surface area contributed by atoms with E-state index in [2.05, 4.69) is 37.8 Å². The minimum absolute atomic E-state index is 0.620. The van der Waals surface area contributed by atoms with Crippen LogP contribution in [0.25, 0.3) is 5.82 Å². The Balaban J connectivity index is 1.58. The number of nitrogens with one attached hydrogen (secondary N) is 2. The Labute approximate surface area is 171 Å². The van der Waals surface area contributed by atoms with E-state index in [9.17, 15) is 0 Å². The van der Waals surface area contributed by atoms with Crippen LogP contribution in [0.15, 0.2) is 47.6 Å². The molecule has 0 amide bonds. The summed E-state index contributed by atoms with van der Waals surface area (Å²) < 4.78 is 7.31. The van der Waals surface area contributed by atoms with Crippen LogP contribution in [0.4, 0.5) is 0 Å². The molecule has 3 rings (SSSR count). The van der Waals surface area contributed by atoms with Crippen LogP contribution in [0.5, 0.6) is 5.75 Å². The minimum atomic E-state index is 0.620.